The summed E-state index contributed by atoms with van der Waals surface area (Å²) in [6.45, 7) is 6.40. The number of carbonyl (C=O) groups excluding carboxylic acids is 1. The molecule has 0 saturated carbocycles. The molecule has 0 radical (unpaired) electrons. The van der Waals surface area contributed by atoms with E-state index < -0.39 is 0 Å². The lowest BCUT2D eigenvalue weighted by Gasteiger charge is -2.38. The van der Waals surface area contributed by atoms with Gasteiger partial charge in [-0.2, -0.15) is 0 Å². The third-order valence-electron chi connectivity index (χ3n) is 5.78. The molecule has 0 unspecified atom stereocenters. The molecule has 1 aromatic carbocycles. The van der Waals surface area contributed by atoms with Crippen LogP contribution in [-0.4, -0.2) is 52.9 Å². The Morgan fingerprint density at radius 2 is 1.85 bits per heavy atom. The maximum absolute atomic E-state index is 13.2. The van der Waals surface area contributed by atoms with Crippen molar-refractivity contribution in [1.29, 1.82) is 0 Å². The second-order valence-electron chi connectivity index (χ2n) is 7.79. The van der Waals surface area contributed by atoms with E-state index in [-0.39, 0.29) is 5.91 Å². The highest BCUT2D eigenvalue weighted by Gasteiger charge is 2.30. The summed E-state index contributed by atoms with van der Waals surface area (Å²) in [5.74, 6) is 0.278. The second kappa shape index (κ2) is 8.53. The molecule has 144 valence electrons. The number of hydrogen-bond acceptors (Lipinski definition) is 4. The molecule has 3 heterocycles. The van der Waals surface area contributed by atoms with E-state index in [1.54, 1.807) is 11.3 Å². The summed E-state index contributed by atoms with van der Waals surface area (Å²) in [6.07, 6.45) is 6.62. The Hall–Kier alpha value is -1.72. The van der Waals surface area contributed by atoms with Gasteiger partial charge in [-0.15, -0.1) is 11.3 Å². The predicted octanol–water partition coefficient (Wildman–Crippen LogP) is 4.14. The molecule has 4 nitrogen and oxygen atoms in total. The number of carbonyl (C=O) groups is 1. The Balaban J connectivity index is 1.49. The molecule has 1 amide bonds. The fourth-order valence-electron chi connectivity index (χ4n) is 4.43. The Kier molecular flexibility index (Phi) is 5.89. The summed E-state index contributed by atoms with van der Waals surface area (Å²) in [6, 6.07) is 10.6. The highest BCUT2D eigenvalue weighted by molar-refractivity contribution is 7.12. The first-order valence-electron chi connectivity index (χ1n) is 10.2. The summed E-state index contributed by atoms with van der Waals surface area (Å²) in [4.78, 5) is 23.8. The molecule has 2 aromatic rings. The SMILES string of the molecule is Cc1nc(-c2ccccc2)c(CC(=O)N2CCCC[C@H]2CN2CCCC2)s1. The third-order valence-corrected chi connectivity index (χ3v) is 6.75. The van der Waals surface area contributed by atoms with Gasteiger partial charge in [-0.25, -0.2) is 4.98 Å². The second-order valence-corrected chi connectivity index (χ2v) is 9.08. The maximum atomic E-state index is 13.2. The van der Waals surface area contributed by atoms with Gasteiger partial charge in [0.15, 0.2) is 0 Å². The van der Waals surface area contributed by atoms with Crippen LogP contribution in [0.4, 0.5) is 0 Å². The first-order valence-corrected chi connectivity index (χ1v) is 11.1. The van der Waals surface area contributed by atoms with Crippen molar-refractivity contribution in [2.75, 3.05) is 26.2 Å². The molecule has 5 heteroatoms. The molecular weight excluding hydrogens is 354 g/mol. The van der Waals surface area contributed by atoms with Crippen molar-refractivity contribution in [3.05, 3.63) is 40.2 Å². The van der Waals surface area contributed by atoms with Gasteiger partial charge in [0.05, 0.1) is 17.1 Å². The van der Waals surface area contributed by atoms with Gasteiger partial charge in [0.2, 0.25) is 5.91 Å². The molecular formula is C22H29N3OS. The van der Waals surface area contributed by atoms with Crippen LogP contribution < -0.4 is 0 Å². The van der Waals surface area contributed by atoms with Crippen molar-refractivity contribution in [3.63, 3.8) is 0 Å². The smallest absolute Gasteiger partial charge is 0.228 e. The summed E-state index contributed by atoms with van der Waals surface area (Å²) >= 11 is 1.67. The minimum atomic E-state index is 0.278. The maximum Gasteiger partial charge on any atom is 0.228 e. The van der Waals surface area contributed by atoms with E-state index in [1.807, 2.05) is 25.1 Å². The lowest BCUT2D eigenvalue weighted by Crippen LogP contribution is -2.49. The van der Waals surface area contributed by atoms with Crippen LogP contribution in [0.3, 0.4) is 0 Å². The van der Waals surface area contributed by atoms with E-state index in [9.17, 15) is 4.79 Å². The average Bonchev–Trinajstić information content (AvgIpc) is 3.32. The summed E-state index contributed by atoms with van der Waals surface area (Å²) in [5, 5.41) is 1.03. The normalized spacial score (nSPS) is 20.9. The standard InChI is InChI=1S/C22H29N3OS/c1-17-23-22(18-9-3-2-4-10-18)20(27-17)15-21(26)25-14-6-5-11-19(25)16-24-12-7-8-13-24/h2-4,9-10,19H,5-8,11-16H2,1H3/t19-/m0/s1. The van der Waals surface area contributed by atoms with Gasteiger partial charge in [-0.05, 0) is 52.1 Å². The van der Waals surface area contributed by atoms with Crippen molar-refractivity contribution in [2.45, 2.75) is 51.5 Å². The minimum Gasteiger partial charge on any atom is -0.338 e. The first kappa shape index (κ1) is 18.6. The number of thiazole rings is 1. The van der Waals surface area contributed by atoms with E-state index in [0.717, 1.165) is 47.1 Å². The Bertz CT molecular complexity index is 767. The summed E-state index contributed by atoms with van der Waals surface area (Å²) < 4.78 is 0. The number of piperidine rings is 1. The zero-order valence-electron chi connectivity index (χ0n) is 16.2. The predicted molar refractivity (Wildman–Crippen MR) is 111 cm³/mol. The van der Waals surface area contributed by atoms with Crippen molar-refractivity contribution in [2.24, 2.45) is 0 Å². The molecule has 27 heavy (non-hydrogen) atoms. The number of nitrogens with zero attached hydrogens (tertiary/aromatic N) is 3. The number of likely N-dealkylation sites (tertiary alicyclic amines) is 2. The Morgan fingerprint density at radius 1 is 1.11 bits per heavy atom. The quantitative estimate of drug-likeness (QED) is 0.779. The molecule has 2 aliphatic heterocycles. The van der Waals surface area contributed by atoms with E-state index in [4.69, 9.17) is 4.98 Å². The average molecular weight is 384 g/mol. The number of aromatic nitrogens is 1. The van der Waals surface area contributed by atoms with E-state index in [2.05, 4.69) is 21.9 Å². The molecule has 1 aromatic heterocycles. The highest BCUT2D eigenvalue weighted by atomic mass is 32.1. The molecule has 0 bridgehead atoms. The van der Waals surface area contributed by atoms with Gasteiger partial charge in [0.25, 0.3) is 0 Å². The Labute approximate surface area is 166 Å². The molecule has 0 spiro atoms. The number of hydrogen-bond donors (Lipinski definition) is 0. The van der Waals surface area contributed by atoms with E-state index in [0.29, 0.717) is 12.5 Å². The Morgan fingerprint density at radius 3 is 2.63 bits per heavy atom. The van der Waals surface area contributed by atoms with Crippen LogP contribution in [-0.2, 0) is 11.2 Å². The van der Waals surface area contributed by atoms with Crippen LogP contribution >= 0.6 is 11.3 Å². The van der Waals surface area contributed by atoms with Crippen LogP contribution in [0, 0.1) is 6.92 Å². The van der Waals surface area contributed by atoms with E-state index in [1.165, 1.54) is 32.4 Å². The number of rotatable bonds is 5. The molecule has 0 N–H and O–H groups in total. The van der Waals surface area contributed by atoms with Gasteiger partial charge >= 0.3 is 0 Å². The first-order chi connectivity index (χ1) is 13.2. The van der Waals surface area contributed by atoms with Crippen LogP contribution in [0.1, 0.15) is 42.0 Å². The lowest BCUT2D eigenvalue weighted by molar-refractivity contribution is -0.134. The molecule has 2 saturated heterocycles. The monoisotopic (exact) mass is 383 g/mol. The van der Waals surface area contributed by atoms with Gasteiger partial charge < -0.3 is 9.80 Å². The van der Waals surface area contributed by atoms with Crippen molar-refractivity contribution in [1.82, 2.24) is 14.8 Å². The molecule has 2 aliphatic rings. The van der Waals surface area contributed by atoms with Crippen molar-refractivity contribution in [3.8, 4) is 11.3 Å². The van der Waals surface area contributed by atoms with Gasteiger partial charge in [0, 0.05) is 29.6 Å². The summed E-state index contributed by atoms with van der Waals surface area (Å²) in [5.41, 5.74) is 2.09. The van der Waals surface area contributed by atoms with Crippen molar-refractivity contribution < 1.29 is 4.79 Å². The fraction of sp³-hybridized carbons (Fsp3) is 0.545. The zero-order chi connectivity index (χ0) is 18.6. The number of benzene rings is 1. The number of aryl methyl sites for hydroxylation is 1. The molecule has 0 aliphatic carbocycles. The van der Waals surface area contributed by atoms with E-state index >= 15 is 0 Å². The van der Waals surface area contributed by atoms with Crippen LogP contribution in [0.15, 0.2) is 30.3 Å². The third kappa shape index (κ3) is 4.41. The largest absolute Gasteiger partial charge is 0.338 e. The van der Waals surface area contributed by atoms with Crippen LogP contribution in [0.2, 0.25) is 0 Å². The highest BCUT2D eigenvalue weighted by Crippen LogP contribution is 2.30. The van der Waals surface area contributed by atoms with Crippen LogP contribution in [0.25, 0.3) is 11.3 Å². The van der Waals surface area contributed by atoms with Crippen molar-refractivity contribution >= 4 is 17.2 Å². The fourth-order valence-corrected chi connectivity index (χ4v) is 5.38. The minimum absolute atomic E-state index is 0.278. The topological polar surface area (TPSA) is 36.4 Å². The lowest BCUT2D eigenvalue weighted by atomic mass is 10.0. The number of amides is 1. The van der Waals surface area contributed by atoms with Gasteiger partial charge in [0.1, 0.15) is 0 Å². The summed E-state index contributed by atoms with van der Waals surface area (Å²) in [7, 11) is 0. The molecule has 2 fully saturated rings. The van der Waals surface area contributed by atoms with Crippen LogP contribution in [0.5, 0.6) is 0 Å². The molecule has 4 rings (SSSR count). The van der Waals surface area contributed by atoms with Gasteiger partial charge in [-0.3, -0.25) is 4.79 Å². The van der Waals surface area contributed by atoms with Gasteiger partial charge in [-0.1, -0.05) is 30.3 Å². The molecule has 1 atom stereocenters. The zero-order valence-corrected chi connectivity index (χ0v) is 17.0.